The predicted molar refractivity (Wildman–Crippen MR) is 131 cm³/mol. The van der Waals surface area contributed by atoms with Crippen LogP contribution in [-0.2, 0) is 26.2 Å². The average molecular weight is 490 g/mol. The van der Waals surface area contributed by atoms with E-state index in [1.165, 1.54) is 4.31 Å². The number of nitrogens with one attached hydrogen (secondary N) is 2. The van der Waals surface area contributed by atoms with Crippen molar-refractivity contribution in [1.29, 1.82) is 0 Å². The minimum atomic E-state index is -3.66. The van der Waals surface area contributed by atoms with Crippen LogP contribution >= 0.6 is 11.8 Å². The topological polar surface area (TPSA) is 95.6 Å². The van der Waals surface area contributed by atoms with Gasteiger partial charge in [0.15, 0.2) is 0 Å². The lowest BCUT2D eigenvalue weighted by atomic mass is 9.98. The van der Waals surface area contributed by atoms with Crippen molar-refractivity contribution in [3.05, 3.63) is 66.2 Å². The molecule has 0 aliphatic carbocycles. The van der Waals surface area contributed by atoms with Gasteiger partial charge >= 0.3 is 0 Å². The van der Waals surface area contributed by atoms with E-state index in [0.29, 0.717) is 32.4 Å². The minimum absolute atomic E-state index is 0.115. The third kappa shape index (κ3) is 7.06. The second kappa shape index (κ2) is 12.2. The Balaban J connectivity index is 1.62. The van der Waals surface area contributed by atoms with Gasteiger partial charge in [0.2, 0.25) is 21.8 Å². The first-order valence-corrected chi connectivity index (χ1v) is 13.9. The number of piperidine rings is 1. The molecule has 1 fully saturated rings. The van der Waals surface area contributed by atoms with E-state index in [1.54, 1.807) is 42.1 Å². The summed E-state index contributed by atoms with van der Waals surface area (Å²) in [6.07, 6.45) is 3.65. The molecule has 178 valence electrons. The highest BCUT2D eigenvalue weighted by molar-refractivity contribution is 7.98. The Morgan fingerprint density at radius 1 is 1.09 bits per heavy atom. The molecule has 1 unspecified atom stereocenters. The van der Waals surface area contributed by atoms with E-state index in [4.69, 9.17) is 0 Å². The lowest BCUT2D eigenvalue weighted by Crippen LogP contribution is -2.51. The van der Waals surface area contributed by atoms with Crippen LogP contribution in [0.25, 0.3) is 0 Å². The van der Waals surface area contributed by atoms with Crippen molar-refractivity contribution < 1.29 is 18.0 Å². The largest absolute Gasteiger partial charge is 0.350 e. The molecule has 3 rings (SSSR count). The van der Waals surface area contributed by atoms with Crippen molar-refractivity contribution in [2.75, 3.05) is 25.1 Å². The molecule has 33 heavy (non-hydrogen) atoms. The second-order valence-electron chi connectivity index (χ2n) is 8.06. The lowest BCUT2D eigenvalue weighted by molar-refractivity contribution is -0.132. The number of carbonyl (C=O) groups excluding carboxylic acids is 2. The molecule has 9 heteroatoms. The number of carbonyl (C=O) groups is 2. The molecule has 2 amide bonds. The normalized spacial score (nSPS) is 17.8. The Bertz CT molecular complexity index is 1020. The van der Waals surface area contributed by atoms with E-state index in [1.807, 2.05) is 36.6 Å². The van der Waals surface area contributed by atoms with Gasteiger partial charge in [-0.2, -0.15) is 16.1 Å². The highest BCUT2D eigenvalue weighted by atomic mass is 32.2. The van der Waals surface area contributed by atoms with Gasteiger partial charge in [0.25, 0.3) is 0 Å². The first-order valence-electron chi connectivity index (χ1n) is 11.1. The van der Waals surface area contributed by atoms with E-state index in [2.05, 4.69) is 10.6 Å². The summed E-state index contributed by atoms with van der Waals surface area (Å²) in [6.45, 7) is 0.885. The van der Waals surface area contributed by atoms with Crippen LogP contribution in [0, 0.1) is 5.92 Å². The van der Waals surface area contributed by atoms with Crippen molar-refractivity contribution in [2.24, 2.45) is 5.92 Å². The summed E-state index contributed by atoms with van der Waals surface area (Å²) in [7, 11) is -3.66. The first-order chi connectivity index (χ1) is 15.9. The highest BCUT2D eigenvalue weighted by Crippen LogP contribution is 2.24. The highest BCUT2D eigenvalue weighted by Gasteiger charge is 2.34. The zero-order valence-corrected chi connectivity index (χ0v) is 20.4. The lowest BCUT2D eigenvalue weighted by Gasteiger charge is -2.32. The van der Waals surface area contributed by atoms with Crippen LogP contribution in [0.15, 0.2) is 65.6 Å². The fourth-order valence-electron chi connectivity index (χ4n) is 3.82. The zero-order chi connectivity index (χ0) is 23.7. The second-order valence-corrected chi connectivity index (χ2v) is 11.0. The molecule has 1 aliphatic rings. The van der Waals surface area contributed by atoms with Gasteiger partial charge in [-0.25, -0.2) is 8.42 Å². The van der Waals surface area contributed by atoms with Gasteiger partial charge in [-0.15, -0.1) is 0 Å². The monoisotopic (exact) mass is 489 g/mol. The smallest absolute Gasteiger partial charge is 0.243 e. The average Bonchev–Trinajstić information content (AvgIpc) is 2.86. The number of sulfonamides is 1. The Labute approximate surface area is 200 Å². The van der Waals surface area contributed by atoms with Crippen molar-refractivity contribution in [3.63, 3.8) is 0 Å². The predicted octanol–water partition coefficient (Wildman–Crippen LogP) is 2.64. The van der Waals surface area contributed by atoms with Crippen LogP contribution in [0.2, 0.25) is 0 Å². The maximum Gasteiger partial charge on any atom is 0.243 e. The standard InChI is InChI=1S/C24H31N3O4S2/c1-32-16-14-22(24(29)25-17-19-9-4-2-5-10-19)26-23(28)20-11-8-15-27(18-20)33(30,31)21-12-6-3-7-13-21/h2-7,9-10,12-13,20,22H,8,11,14-18H2,1H3,(H,25,29)(H,26,28)/t20?,22-/m1/s1. The van der Waals surface area contributed by atoms with Crippen LogP contribution < -0.4 is 10.6 Å². The fraction of sp³-hybridized carbons (Fsp3) is 0.417. The SMILES string of the molecule is CSCC[C@@H](NC(=O)C1CCCN(S(=O)(=O)c2ccccc2)C1)C(=O)NCc1ccccc1. The van der Waals surface area contributed by atoms with Gasteiger partial charge in [0.05, 0.1) is 10.8 Å². The molecule has 1 heterocycles. The number of rotatable bonds is 10. The number of hydrogen-bond acceptors (Lipinski definition) is 5. The van der Waals surface area contributed by atoms with Gasteiger partial charge in [-0.1, -0.05) is 48.5 Å². The third-order valence-corrected chi connectivity index (χ3v) is 8.21. The van der Waals surface area contributed by atoms with Crippen LogP contribution in [-0.4, -0.2) is 55.7 Å². The molecule has 0 bridgehead atoms. The summed E-state index contributed by atoms with van der Waals surface area (Å²) >= 11 is 1.61. The number of benzene rings is 2. The molecule has 1 saturated heterocycles. The number of thioether (sulfide) groups is 1. The molecule has 1 aliphatic heterocycles. The Morgan fingerprint density at radius 3 is 2.42 bits per heavy atom. The molecule has 2 atom stereocenters. The molecule has 7 nitrogen and oxygen atoms in total. The molecular weight excluding hydrogens is 458 g/mol. The molecule has 2 aromatic carbocycles. The van der Waals surface area contributed by atoms with Crippen LogP contribution in [0.4, 0.5) is 0 Å². The molecule has 0 radical (unpaired) electrons. The number of amides is 2. The Hall–Kier alpha value is -2.36. The minimum Gasteiger partial charge on any atom is -0.350 e. The molecule has 0 saturated carbocycles. The fourth-order valence-corrected chi connectivity index (χ4v) is 5.83. The van der Waals surface area contributed by atoms with E-state index >= 15 is 0 Å². The van der Waals surface area contributed by atoms with Crippen LogP contribution in [0.1, 0.15) is 24.8 Å². The number of nitrogens with zero attached hydrogens (tertiary/aromatic N) is 1. The van der Waals surface area contributed by atoms with Crippen LogP contribution in [0.5, 0.6) is 0 Å². The maximum absolute atomic E-state index is 13.0. The summed E-state index contributed by atoms with van der Waals surface area (Å²) in [5.74, 6) is -0.270. The molecule has 2 aromatic rings. The van der Waals surface area contributed by atoms with Gasteiger partial charge in [-0.3, -0.25) is 9.59 Å². The van der Waals surface area contributed by atoms with E-state index in [0.717, 1.165) is 11.3 Å². The van der Waals surface area contributed by atoms with Crippen molar-refractivity contribution >= 4 is 33.6 Å². The summed E-state index contributed by atoms with van der Waals surface area (Å²) in [5.41, 5.74) is 0.981. The Morgan fingerprint density at radius 2 is 1.76 bits per heavy atom. The molecule has 0 aromatic heterocycles. The maximum atomic E-state index is 13.0. The molecule has 2 N–H and O–H groups in total. The zero-order valence-electron chi connectivity index (χ0n) is 18.8. The third-order valence-electron chi connectivity index (χ3n) is 5.69. The Kier molecular flexibility index (Phi) is 9.34. The van der Waals surface area contributed by atoms with Crippen molar-refractivity contribution in [3.8, 4) is 0 Å². The van der Waals surface area contributed by atoms with Gasteiger partial charge < -0.3 is 10.6 Å². The summed E-state index contributed by atoms with van der Waals surface area (Å²) in [6, 6.07) is 17.2. The summed E-state index contributed by atoms with van der Waals surface area (Å²) < 4.78 is 27.3. The van der Waals surface area contributed by atoms with Gasteiger partial charge in [0.1, 0.15) is 6.04 Å². The quantitative estimate of drug-likeness (QED) is 0.535. The first kappa shape index (κ1) is 25.3. The molecule has 0 spiro atoms. The van der Waals surface area contributed by atoms with Gasteiger partial charge in [-0.05, 0) is 49.0 Å². The van der Waals surface area contributed by atoms with Crippen molar-refractivity contribution in [2.45, 2.75) is 36.7 Å². The van der Waals surface area contributed by atoms with E-state index < -0.39 is 22.0 Å². The van der Waals surface area contributed by atoms with E-state index in [-0.39, 0.29) is 23.3 Å². The van der Waals surface area contributed by atoms with Gasteiger partial charge in [0, 0.05) is 19.6 Å². The molecular formula is C24H31N3O4S2. The summed E-state index contributed by atoms with van der Waals surface area (Å²) in [4.78, 5) is 26.1. The van der Waals surface area contributed by atoms with Crippen LogP contribution in [0.3, 0.4) is 0 Å². The van der Waals surface area contributed by atoms with Crippen molar-refractivity contribution in [1.82, 2.24) is 14.9 Å². The summed E-state index contributed by atoms with van der Waals surface area (Å²) in [5, 5.41) is 5.79. The number of hydrogen-bond donors (Lipinski definition) is 2. The van der Waals surface area contributed by atoms with E-state index in [9.17, 15) is 18.0 Å².